The first-order valence-corrected chi connectivity index (χ1v) is 6.35. The van der Waals surface area contributed by atoms with E-state index < -0.39 is 7.82 Å². The van der Waals surface area contributed by atoms with Crippen molar-refractivity contribution in [2.45, 2.75) is 0 Å². The molecule has 0 aliphatic heterocycles. The average molecular weight is 315 g/mol. The lowest BCUT2D eigenvalue weighted by atomic mass is 11.3. The number of nitrogens with one attached hydrogen (secondary N) is 4. The van der Waals surface area contributed by atoms with Gasteiger partial charge < -0.3 is 35.9 Å². The van der Waals surface area contributed by atoms with Gasteiger partial charge in [0.1, 0.15) is 0 Å². The Bertz CT molecular complexity index is 113. The number of rotatable bonds is 0. The summed E-state index contributed by atoms with van der Waals surface area (Å²) in [5.41, 5.74) is 0. The van der Waals surface area contributed by atoms with Crippen LogP contribution in [0, 0.1) is 0 Å². The molecule has 0 unspecified atom stereocenters. The van der Waals surface area contributed by atoms with Gasteiger partial charge in [-0.05, 0) is 56.4 Å². The molecule has 0 spiro atoms. The fourth-order valence-electron chi connectivity index (χ4n) is 0. The van der Waals surface area contributed by atoms with E-state index in [-0.39, 0.29) is 12.4 Å². The van der Waals surface area contributed by atoms with Crippen LogP contribution in [-0.2, 0) is 4.57 Å². The lowest BCUT2D eigenvalue weighted by Gasteiger charge is -1.82. The lowest BCUT2D eigenvalue weighted by Crippen LogP contribution is -1.89. The number of hydrogen-bond donors (Lipinski definition) is 7. The Morgan fingerprint density at radius 1 is 0.611 bits per heavy atom. The van der Waals surface area contributed by atoms with Crippen molar-refractivity contribution in [1.82, 2.24) is 21.3 Å². The SMILES string of the molecule is CNC.CNC.CNC.CNC.Cl.O=P(O)(O)O. The Labute approximate surface area is 118 Å². The largest absolute Gasteiger partial charge is 0.466 e. The zero-order chi connectivity index (χ0) is 15.3. The van der Waals surface area contributed by atoms with Crippen LogP contribution in [0.4, 0.5) is 0 Å². The second-order valence-corrected chi connectivity index (χ2v) is 3.54. The van der Waals surface area contributed by atoms with Crippen molar-refractivity contribution in [1.29, 1.82) is 0 Å². The summed E-state index contributed by atoms with van der Waals surface area (Å²) in [5, 5.41) is 11.0. The first-order chi connectivity index (χ1) is 7.66. The zero-order valence-electron chi connectivity index (χ0n) is 12.6. The Morgan fingerprint density at radius 2 is 0.611 bits per heavy atom. The first kappa shape index (κ1) is 36.2. The monoisotopic (exact) mass is 314 g/mol. The second-order valence-electron chi connectivity index (χ2n) is 2.51. The summed E-state index contributed by atoms with van der Waals surface area (Å²) in [6.45, 7) is 0. The van der Waals surface area contributed by atoms with Gasteiger partial charge in [-0.3, -0.25) is 0 Å². The Morgan fingerprint density at radius 3 is 0.611 bits per heavy atom. The van der Waals surface area contributed by atoms with Crippen molar-refractivity contribution in [2.24, 2.45) is 0 Å². The molecule has 0 aromatic rings. The average Bonchev–Trinajstić information content (AvgIpc) is 2.04. The smallest absolute Gasteiger partial charge is 0.323 e. The minimum atomic E-state index is -4.64. The topological polar surface area (TPSA) is 126 Å². The maximum absolute atomic E-state index is 8.88. The van der Waals surface area contributed by atoms with Gasteiger partial charge in [-0.2, -0.15) is 0 Å². The predicted molar refractivity (Wildman–Crippen MR) is 81.4 cm³/mol. The van der Waals surface area contributed by atoms with Crippen molar-refractivity contribution in [3.05, 3.63) is 0 Å². The molecule has 0 aromatic heterocycles. The third-order valence-corrected chi connectivity index (χ3v) is 0. The summed E-state index contributed by atoms with van der Waals surface area (Å²) >= 11 is 0. The summed E-state index contributed by atoms with van der Waals surface area (Å²) < 4.78 is 8.88. The summed E-state index contributed by atoms with van der Waals surface area (Å²) in [4.78, 5) is 21.6. The number of halogens is 1. The molecule has 8 nitrogen and oxygen atoms in total. The molecule has 7 N–H and O–H groups in total. The Hall–Kier alpha value is 0.240. The molecule has 18 heavy (non-hydrogen) atoms. The van der Waals surface area contributed by atoms with Gasteiger partial charge in [0.05, 0.1) is 0 Å². The fraction of sp³-hybridized carbons (Fsp3) is 1.00. The van der Waals surface area contributed by atoms with E-state index in [1.807, 2.05) is 56.4 Å². The first-order valence-electron chi connectivity index (χ1n) is 4.78. The Balaban J connectivity index is -0.0000000252. The van der Waals surface area contributed by atoms with Gasteiger partial charge in [0.2, 0.25) is 0 Å². The van der Waals surface area contributed by atoms with E-state index in [0.29, 0.717) is 0 Å². The van der Waals surface area contributed by atoms with Gasteiger partial charge in [-0.25, -0.2) is 4.57 Å². The van der Waals surface area contributed by atoms with Gasteiger partial charge in [0, 0.05) is 0 Å². The van der Waals surface area contributed by atoms with Crippen molar-refractivity contribution in [3.8, 4) is 0 Å². The highest BCUT2D eigenvalue weighted by molar-refractivity contribution is 7.45. The standard InChI is InChI=1S/4C2H7N.ClH.H3O4P/c4*1-3-2;;1-5(2,3)4/h4*3H,1-2H3;1H;(H3,1,2,3,4). The van der Waals surface area contributed by atoms with E-state index in [4.69, 9.17) is 19.2 Å². The molecular formula is C8H32ClN4O4P. The van der Waals surface area contributed by atoms with Crippen LogP contribution in [0.5, 0.6) is 0 Å². The lowest BCUT2D eigenvalue weighted by molar-refractivity contribution is 0.275. The highest BCUT2D eigenvalue weighted by Crippen LogP contribution is 2.25. The van der Waals surface area contributed by atoms with Crippen LogP contribution >= 0.6 is 20.2 Å². The molecule has 0 fully saturated rings. The van der Waals surface area contributed by atoms with E-state index >= 15 is 0 Å². The third kappa shape index (κ3) is 65500. The molecule has 0 amide bonds. The fourth-order valence-corrected chi connectivity index (χ4v) is 0. The van der Waals surface area contributed by atoms with Crippen LogP contribution in [0.2, 0.25) is 0 Å². The maximum Gasteiger partial charge on any atom is 0.466 e. The van der Waals surface area contributed by atoms with Crippen LogP contribution in [0.25, 0.3) is 0 Å². The minimum Gasteiger partial charge on any atom is -0.323 e. The molecule has 0 saturated carbocycles. The van der Waals surface area contributed by atoms with Gasteiger partial charge in [-0.15, -0.1) is 12.4 Å². The number of hydrogen-bond acceptors (Lipinski definition) is 5. The zero-order valence-corrected chi connectivity index (χ0v) is 14.3. The second kappa shape index (κ2) is 43.4. The van der Waals surface area contributed by atoms with E-state index in [9.17, 15) is 0 Å². The van der Waals surface area contributed by atoms with Crippen LogP contribution in [-0.4, -0.2) is 71.1 Å². The number of phosphoric acid groups is 1. The predicted octanol–water partition coefficient (Wildman–Crippen LogP) is -1.16. The van der Waals surface area contributed by atoms with E-state index in [2.05, 4.69) is 21.3 Å². The van der Waals surface area contributed by atoms with Gasteiger partial charge in [0.25, 0.3) is 0 Å². The maximum atomic E-state index is 8.88. The summed E-state index contributed by atoms with van der Waals surface area (Å²) in [7, 11) is 10.4. The molecule has 0 radical (unpaired) electrons. The normalized spacial score (nSPS) is 7.28. The molecule has 120 valence electrons. The van der Waals surface area contributed by atoms with Crippen LogP contribution in [0.15, 0.2) is 0 Å². The minimum absolute atomic E-state index is 0. The molecule has 0 rings (SSSR count). The highest BCUT2D eigenvalue weighted by atomic mass is 35.5. The van der Waals surface area contributed by atoms with Gasteiger partial charge >= 0.3 is 7.82 Å². The molecule has 0 atom stereocenters. The molecule has 10 heteroatoms. The molecule has 0 heterocycles. The van der Waals surface area contributed by atoms with E-state index in [0.717, 1.165) is 0 Å². The van der Waals surface area contributed by atoms with Crippen LogP contribution < -0.4 is 21.3 Å². The molecule has 0 saturated heterocycles. The summed E-state index contributed by atoms with van der Waals surface area (Å²) in [6, 6.07) is 0. The van der Waals surface area contributed by atoms with Crippen LogP contribution in [0.1, 0.15) is 0 Å². The summed E-state index contributed by atoms with van der Waals surface area (Å²) in [5.74, 6) is 0. The molecule has 0 bridgehead atoms. The van der Waals surface area contributed by atoms with Crippen molar-refractivity contribution in [3.63, 3.8) is 0 Å². The molecule has 0 aliphatic rings. The van der Waals surface area contributed by atoms with Crippen molar-refractivity contribution >= 4 is 20.2 Å². The molecule has 0 aromatic carbocycles. The Kier molecular flexibility index (Phi) is 87.2. The van der Waals surface area contributed by atoms with Crippen molar-refractivity contribution < 1.29 is 19.2 Å². The molecular weight excluding hydrogens is 283 g/mol. The summed E-state index contributed by atoms with van der Waals surface area (Å²) in [6.07, 6.45) is 0. The van der Waals surface area contributed by atoms with Gasteiger partial charge in [-0.1, -0.05) is 0 Å². The molecule has 0 aliphatic carbocycles. The van der Waals surface area contributed by atoms with Crippen molar-refractivity contribution in [2.75, 3.05) is 56.4 Å². The van der Waals surface area contributed by atoms with Gasteiger partial charge in [0.15, 0.2) is 0 Å². The third-order valence-electron chi connectivity index (χ3n) is 0. The quantitative estimate of drug-likeness (QED) is 0.279. The van der Waals surface area contributed by atoms with Crippen LogP contribution in [0.3, 0.4) is 0 Å². The highest BCUT2D eigenvalue weighted by Gasteiger charge is 2.00. The van der Waals surface area contributed by atoms with E-state index in [1.165, 1.54) is 0 Å². The van der Waals surface area contributed by atoms with E-state index in [1.54, 1.807) is 0 Å².